The Kier molecular flexibility index (Phi) is 9.17. The molecule has 0 bridgehead atoms. The Labute approximate surface area is 182 Å². The summed E-state index contributed by atoms with van der Waals surface area (Å²) in [6.07, 6.45) is 4.45. The Balaban J connectivity index is 2.01. The zero-order chi connectivity index (χ0) is 22.9. The van der Waals surface area contributed by atoms with Gasteiger partial charge in [0.2, 0.25) is 6.41 Å². The molecule has 2 aromatic rings. The number of hydrogen-bond acceptors (Lipinski definition) is 6. The first kappa shape index (κ1) is 24.5. The Morgan fingerprint density at radius 1 is 1.10 bits per heavy atom. The Bertz CT molecular complexity index is 959. The Morgan fingerprint density at radius 2 is 1.74 bits per heavy atom. The zero-order valence-electron chi connectivity index (χ0n) is 17.4. The van der Waals surface area contributed by atoms with Gasteiger partial charge in [0.15, 0.2) is 9.84 Å². The minimum atomic E-state index is -3.87. The molecular weight excluding hydrogens is 420 g/mol. The first-order valence-corrected chi connectivity index (χ1v) is 11.7. The number of rotatable bonds is 12. The number of amides is 2. The lowest BCUT2D eigenvalue weighted by Crippen LogP contribution is -2.39. The van der Waals surface area contributed by atoms with E-state index in [0.29, 0.717) is 11.3 Å². The number of nitrogens with zero attached hydrogens (tertiary/aromatic N) is 1. The molecule has 0 aromatic heterocycles. The van der Waals surface area contributed by atoms with Crippen LogP contribution in [-0.2, 0) is 21.1 Å². The van der Waals surface area contributed by atoms with Crippen LogP contribution in [0.2, 0.25) is 0 Å². The monoisotopic (exact) mass is 448 g/mol. The molecule has 1 atom stereocenters. The highest BCUT2D eigenvalue weighted by molar-refractivity contribution is 7.91. The molecule has 1 unspecified atom stereocenters. The highest BCUT2D eigenvalue weighted by atomic mass is 32.2. The van der Waals surface area contributed by atoms with Crippen molar-refractivity contribution >= 4 is 27.8 Å². The van der Waals surface area contributed by atoms with Crippen LogP contribution < -0.4 is 5.32 Å². The van der Waals surface area contributed by atoms with E-state index >= 15 is 0 Å². The van der Waals surface area contributed by atoms with E-state index in [9.17, 15) is 28.3 Å². The van der Waals surface area contributed by atoms with Gasteiger partial charge in [0.1, 0.15) is 0 Å². The number of unbranched alkanes of at least 4 members (excludes halogenated alkanes) is 2. The molecule has 31 heavy (non-hydrogen) atoms. The number of benzene rings is 2. The number of aliphatic hydroxyl groups excluding tert-OH is 1. The van der Waals surface area contributed by atoms with Gasteiger partial charge in [-0.1, -0.05) is 31.9 Å². The Hall–Kier alpha value is -2.75. The van der Waals surface area contributed by atoms with Gasteiger partial charge in [-0.05, 0) is 54.8 Å². The maximum atomic E-state index is 12.5. The second-order valence-electron chi connectivity index (χ2n) is 7.24. The summed E-state index contributed by atoms with van der Waals surface area (Å²) in [6.45, 7) is 1.44. The molecule has 0 aliphatic carbocycles. The van der Waals surface area contributed by atoms with E-state index in [2.05, 4.69) is 12.2 Å². The van der Waals surface area contributed by atoms with E-state index in [0.717, 1.165) is 19.3 Å². The van der Waals surface area contributed by atoms with Crippen molar-refractivity contribution in [1.82, 2.24) is 5.06 Å². The molecule has 168 valence electrons. The average molecular weight is 449 g/mol. The van der Waals surface area contributed by atoms with E-state index in [4.69, 9.17) is 0 Å². The van der Waals surface area contributed by atoms with Crippen LogP contribution in [0.3, 0.4) is 0 Å². The van der Waals surface area contributed by atoms with Crippen molar-refractivity contribution in [2.24, 2.45) is 0 Å². The summed E-state index contributed by atoms with van der Waals surface area (Å²) in [4.78, 5) is 23.0. The smallest absolute Gasteiger partial charge is 0.255 e. The quantitative estimate of drug-likeness (QED) is 0.198. The number of carbonyl (C=O) groups excluding carboxylic acids is 2. The van der Waals surface area contributed by atoms with Crippen molar-refractivity contribution in [2.45, 2.75) is 43.5 Å². The summed E-state index contributed by atoms with van der Waals surface area (Å²) in [7, 11) is -3.87. The fourth-order valence-electron chi connectivity index (χ4n) is 3.00. The molecule has 2 amide bonds. The zero-order valence-corrected chi connectivity index (χ0v) is 18.2. The number of hydrogen-bond donors (Lipinski definition) is 3. The molecule has 2 aromatic carbocycles. The number of anilines is 1. The van der Waals surface area contributed by atoms with Crippen molar-refractivity contribution in [3.8, 4) is 0 Å². The number of aliphatic hydroxyl groups is 1. The standard InChI is InChI=1S/C22H28N2O6S/c1-2-3-4-5-17-6-8-18(9-7-17)22(27)23-19-10-12-21(13-11-19)31(29,30)15-20(14-25)24(28)16-26/h6-13,16,20,25,28H,2-5,14-15H2,1H3,(H,23,27). The lowest BCUT2D eigenvalue weighted by molar-refractivity contribution is -0.161. The molecular formula is C22H28N2O6S. The second kappa shape index (κ2) is 11.6. The molecule has 0 radical (unpaired) electrons. The molecule has 8 nitrogen and oxygen atoms in total. The average Bonchev–Trinajstić information content (AvgIpc) is 2.78. The first-order valence-electron chi connectivity index (χ1n) is 10.1. The number of carbonyl (C=O) groups is 2. The third kappa shape index (κ3) is 7.16. The molecule has 0 heterocycles. The van der Waals surface area contributed by atoms with Gasteiger partial charge in [0.25, 0.3) is 5.91 Å². The van der Waals surface area contributed by atoms with Crippen molar-refractivity contribution in [3.05, 3.63) is 59.7 Å². The molecule has 3 N–H and O–H groups in total. The SMILES string of the molecule is CCCCCc1ccc(C(=O)Nc2ccc(S(=O)(=O)CC(CO)N(O)C=O)cc2)cc1. The molecule has 2 rings (SSSR count). The van der Waals surface area contributed by atoms with Crippen LogP contribution in [0.25, 0.3) is 0 Å². The van der Waals surface area contributed by atoms with E-state index in [-0.39, 0.29) is 22.3 Å². The van der Waals surface area contributed by atoms with Gasteiger partial charge in [-0.2, -0.15) is 0 Å². The molecule has 0 saturated carbocycles. The van der Waals surface area contributed by atoms with Crippen LogP contribution in [-0.4, -0.2) is 54.5 Å². The summed E-state index contributed by atoms with van der Waals surface area (Å²) in [6, 6.07) is 11.7. The minimum Gasteiger partial charge on any atom is -0.394 e. The predicted molar refractivity (Wildman–Crippen MR) is 117 cm³/mol. The maximum absolute atomic E-state index is 12.5. The normalized spacial score (nSPS) is 12.2. The summed E-state index contributed by atoms with van der Waals surface area (Å²) in [5.41, 5.74) is 2.10. The number of hydroxylamine groups is 2. The molecule has 9 heteroatoms. The van der Waals surface area contributed by atoms with Crippen molar-refractivity contribution < 1.29 is 28.3 Å². The second-order valence-corrected chi connectivity index (χ2v) is 9.27. The summed E-state index contributed by atoms with van der Waals surface area (Å²) >= 11 is 0. The van der Waals surface area contributed by atoms with Crippen LogP contribution >= 0.6 is 0 Å². The fourth-order valence-corrected chi connectivity index (χ4v) is 4.51. The maximum Gasteiger partial charge on any atom is 0.255 e. The van der Waals surface area contributed by atoms with E-state index in [1.807, 2.05) is 12.1 Å². The van der Waals surface area contributed by atoms with E-state index in [1.54, 1.807) is 12.1 Å². The van der Waals surface area contributed by atoms with Crippen LogP contribution in [0.5, 0.6) is 0 Å². The lowest BCUT2D eigenvalue weighted by atomic mass is 10.1. The highest BCUT2D eigenvalue weighted by Gasteiger charge is 2.24. The molecule has 0 fully saturated rings. The minimum absolute atomic E-state index is 0.0345. The van der Waals surface area contributed by atoms with Crippen LogP contribution in [0.15, 0.2) is 53.4 Å². The van der Waals surface area contributed by atoms with Crippen LogP contribution in [0.4, 0.5) is 5.69 Å². The predicted octanol–water partition coefficient (Wildman–Crippen LogP) is 2.65. The number of nitrogens with one attached hydrogen (secondary N) is 1. The molecule has 0 aliphatic rings. The van der Waals surface area contributed by atoms with Crippen molar-refractivity contribution in [2.75, 3.05) is 17.7 Å². The van der Waals surface area contributed by atoms with Gasteiger partial charge >= 0.3 is 0 Å². The number of aryl methyl sites for hydroxylation is 1. The van der Waals surface area contributed by atoms with Gasteiger partial charge in [-0.15, -0.1) is 0 Å². The van der Waals surface area contributed by atoms with Crippen LogP contribution in [0, 0.1) is 0 Å². The van der Waals surface area contributed by atoms with Gasteiger partial charge in [0, 0.05) is 11.3 Å². The van der Waals surface area contributed by atoms with Gasteiger partial charge in [0.05, 0.1) is 23.3 Å². The van der Waals surface area contributed by atoms with Gasteiger partial charge < -0.3 is 10.4 Å². The topological polar surface area (TPSA) is 124 Å². The summed E-state index contributed by atoms with van der Waals surface area (Å²) < 4.78 is 24.9. The Morgan fingerprint density at radius 3 is 2.29 bits per heavy atom. The third-order valence-corrected chi connectivity index (χ3v) is 6.68. The third-order valence-electron chi connectivity index (χ3n) is 4.86. The summed E-state index contributed by atoms with van der Waals surface area (Å²) in [5.74, 6) is -0.951. The highest BCUT2D eigenvalue weighted by Crippen LogP contribution is 2.18. The van der Waals surface area contributed by atoms with Crippen molar-refractivity contribution in [3.63, 3.8) is 0 Å². The fraction of sp³-hybridized carbons (Fsp3) is 0.364. The van der Waals surface area contributed by atoms with Gasteiger partial charge in [-0.25, -0.2) is 13.5 Å². The van der Waals surface area contributed by atoms with E-state index < -0.39 is 28.2 Å². The molecule has 0 saturated heterocycles. The van der Waals surface area contributed by atoms with Crippen LogP contribution in [0.1, 0.15) is 42.1 Å². The molecule has 0 spiro atoms. The largest absolute Gasteiger partial charge is 0.394 e. The van der Waals surface area contributed by atoms with E-state index in [1.165, 1.54) is 36.2 Å². The summed E-state index contributed by atoms with van der Waals surface area (Å²) in [5, 5.41) is 21.4. The van der Waals surface area contributed by atoms with Crippen molar-refractivity contribution in [1.29, 1.82) is 0 Å². The lowest BCUT2D eigenvalue weighted by Gasteiger charge is -2.20. The first-order chi connectivity index (χ1) is 14.8. The molecule has 0 aliphatic heterocycles. The van der Waals surface area contributed by atoms with Gasteiger partial charge in [-0.3, -0.25) is 14.8 Å². The number of sulfone groups is 1.